The minimum Gasteiger partial charge on any atom is -0.432 e. The summed E-state index contributed by atoms with van der Waals surface area (Å²) in [7, 11) is 0. The smallest absolute Gasteiger partial charge is 0.387 e. The van der Waals surface area contributed by atoms with Crippen LogP contribution in [-0.4, -0.2) is 11.6 Å². The summed E-state index contributed by atoms with van der Waals surface area (Å²) in [4.78, 5) is 4.32. The van der Waals surface area contributed by atoms with Crippen LogP contribution in [0.1, 0.15) is 18.2 Å². The quantitative estimate of drug-likeness (QED) is 0.827. The van der Waals surface area contributed by atoms with Crippen molar-refractivity contribution < 1.29 is 13.5 Å². The van der Waals surface area contributed by atoms with Gasteiger partial charge in [-0.25, -0.2) is 4.98 Å². The van der Waals surface area contributed by atoms with Gasteiger partial charge in [0.1, 0.15) is 5.52 Å². The molecule has 0 unspecified atom stereocenters. The van der Waals surface area contributed by atoms with E-state index in [0.29, 0.717) is 15.9 Å². The second-order valence-electron chi connectivity index (χ2n) is 3.87. The van der Waals surface area contributed by atoms with Gasteiger partial charge in [-0.1, -0.05) is 30.7 Å². The van der Waals surface area contributed by atoms with Crippen LogP contribution >= 0.6 is 11.6 Å². The molecule has 0 aliphatic rings. The predicted octanol–water partition coefficient (Wildman–Crippen LogP) is 4.36. The Morgan fingerprint density at radius 2 is 2.11 bits per heavy atom. The Morgan fingerprint density at radius 1 is 1.39 bits per heavy atom. The number of rotatable bonds is 3. The normalized spacial score (nSPS) is 11.2. The molecule has 0 spiro atoms. The first-order valence-electron chi connectivity index (χ1n) is 5.57. The number of halogens is 3. The molecule has 0 fully saturated rings. The Labute approximate surface area is 109 Å². The fraction of sp³-hybridized carbons (Fsp3) is 0.308. The summed E-state index contributed by atoms with van der Waals surface area (Å²) < 4.78 is 29.1. The van der Waals surface area contributed by atoms with Crippen molar-refractivity contribution in [2.24, 2.45) is 0 Å². The van der Waals surface area contributed by atoms with E-state index >= 15 is 0 Å². The zero-order chi connectivity index (χ0) is 13.3. The third-order valence-corrected chi connectivity index (χ3v) is 3.22. The van der Waals surface area contributed by atoms with Crippen molar-refractivity contribution in [2.45, 2.75) is 26.9 Å². The van der Waals surface area contributed by atoms with E-state index in [1.54, 1.807) is 12.1 Å². The lowest BCUT2D eigenvalue weighted by molar-refractivity contribution is -0.0489. The summed E-state index contributed by atoms with van der Waals surface area (Å²) in [6.45, 7) is 0.909. The van der Waals surface area contributed by atoms with Crippen molar-refractivity contribution in [2.75, 3.05) is 0 Å². The average Bonchev–Trinajstić information content (AvgIpc) is 2.30. The number of pyridine rings is 1. The highest BCUT2D eigenvalue weighted by atomic mass is 35.5. The maximum Gasteiger partial charge on any atom is 0.387 e. The lowest BCUT2D eigenvalue weighted by Crippen LogP contribution is -2.04. The van der Waals surface area contributed by atoms with Crippen LogP contribution in [0.25, 0.3) is 10.9 Å². The number of benzene rings is 1. The zero-order valence-corrected chi connectivity index (χ0v) is 10.8. The number of aryl methyl sites for hydroxylation is 1. The molecule has 2 rings (SSSR count). The van der Waals surface area contributed by atoms with E-state index in [4.69, 9.17) is 11.6 Å². The Kier molecular flexibility index (Phi) is 3.66. The van der Waals surface area contributed by atoms with Crippen molar-refractivity contribution in [3.63, 3.8) is 0 Å². The summed E-state index contributed by atoms with van der Waals surface area (Å²) in [6.07, 6.45) is 0.744. The summed E-state index contributed by atoms with van der Waals surface area (Å²) in [5.41, 5.74) is 2.04. The molecule has 0 aliphatic heterocycles. The van der Waals surface area contributed by atoms with Crippen molar-refractivity contribution in [1.82, 2.24) is 4.98 Å². The van der Waals surface area contributed by atoms with E-state index < -0.39 is 6.61 Å². The van der Waals surface area contributed by atoms with Gasteiger partial charge in [0.2, 0.25) is 0 Å². The monoisotopic (exact) mass is 271 g/mol. The molecule has 1 aromatic heterocycles. The van der Waals surface area contributed by atoms with Crippen LogP contribution in [0.5, 0.6) is 5.75 Å². The van der Waals surface area contributed by atoms with E-state index in [2.05, 4.69) is 9.72 Å². The number of hydrogen-bond donors (Lipinski definition) is 0. The summed E-state index contributed by atoms with van der Waals surface area (Å²) in [5.74, 6) is 0.0511. The van der Waals surface area contributed by atoms with Gasteiger partial charge in [-0.3, -0.25) is 0 Å². The molecule has 0 bridgehead atoms. The van der Waals surface area contributed by atoms with Gasteiger partial charge in [0, 0.05) is 11.1 Å². The number of alkyl halides is 2. The number of nitrogens with zero attached hydrogens (tertiary/aromatic N) is 1. The largest absolute Gasteiger partial charge is 0.432 e. The van der Waals surface area contributed by atoms with E-state index in [-0.39, 0.29) is 5.75 Å². The van der Waals surface area contributed by atoms with Crippen LogP contribution in [0.2, 0.25) is 5.02 Å². The molecule has 5 heteroatoms. The summed E-state index contributed by atoms with van der Waals surface area (Å²) in [6, 6.07) is 4.84. The Morgan fingerprint density at radius 3 is 2.72 bits per heavy atom. The van der Waals surface area contributed by atoms with Gasteiger partial charge in [0.05, 0.1) is 5.02 Å². The third kappa shape index (κ3) is 2.25. The lowest BCUT2D eigenvalue weighted by Gasteiger charge is -2.12. The highest BCUT2D eigenvalue weighted by molar-refractivity contribution is 6.36. The molecule has 96 valence electrons. The maximum absolute atomic E-state index is 12.3. The molecule has 18 heavy (non-hydrogen) atoms. The molecule has 0 radical (unpaired) electrons. The lowest BCUT2D eigenvalue weighted by atomic mass is 10.1. The highest BCUT2D eigenvalue weighted by Crippen LogP contribution is 2.33. The third-order valence-electron chi connectivity index (χ3n) is 2.79. The molecule has 0 saturated heterocycles. The summed E-state index contributed by atoms with van der Waals surface area (Å²) in [5, 5.41) is 1.19. The van der Waals surface area contributed by atoms with Crippen LogP contribution in [0, 0.1) is 6.92 Å². The van der Waals surface area contributed by atoms with Gasteiger partial charge in [-0.05, 0) is 25.0 Å². The summed E-state index contributed by atoms with van der Waals surface area (Å²) >= 11 is 6.27. The Balaban J connectivity index is 2.71. The molecule has 1 aromatic carbocycles. The molecule has 0 saturated carbocycles. The molecular weight excluding hydrogens is 260 g/mol. The van der Waals surface area contributed by atoms with E-state index in [9.17, 15) is 8.78 Å². The van der Waals surface area contributed by atoms with Gasteiger partial charge in [0.15, 0.2) is 5.75 Å². The van der Waals surface area contributed by atoms with E-state index in [0.717, 1.165) is 17.7 Å². The van der Waals surface area contributed by atoms with Crippen molar-refractivity contribution >= 4 is 22.5 Å². The number of fused-ring (bicyclic) bond motifs is 1. The van der Waals surface area contributed by atoms with Crippen LogP contribution < -0.4 is 4.74 Å². The molecule has 2 nitrogen and oxygen atoms in total. The second-order valence-corrected chi connectivity index (χ2v) is 4.25. The SMILES string of the molecule is CCc1c(C)nc2c(OC(F)F)cccc2c1Cl. The van der Waals surface area contributed by atoms with Gasteiger partial charge < -0.3 is 4.74 Å². The number of aromatic nitrogens is 1. The Hall–Kier alpha value is -1.42. The van der Waals surface area contributed by atoms with Crippen LogP contribution in [-0.2, 0) is 6.42 Å². The van der Waals surface area contributed by atoms with Gasteiger partial charge >= 0.3 is 6.61 Å². The minimum atomic E-state index is -2.87. The first-order valence-corrected chi connectivity index (χ1v) is 5.95. The van der Waals surface area contributed by atoms with Crippen LogP contribution in [0.4, 0.5) is 8.78 Å². The zero-order valence-electron chi connectivity index (χ0n) is 10.0. The van der Waals surface area contributed by atoms with Crippen molar-refractivity contribution in [1.29, 1.82) is 0 Å². The highest BCUT2D eigenvalue weighted by Gasteiger charge is 2.14. The number of hydrogen-bond acceptors (Lipinski definition) is 2. The molecule has 1 heterocycles. The molecule has 2 aromatic rings. The number of ether oxygens (including phenoxy) is 1. The van der Waals surface area contributed by atoms with E-state index in [1.807, 2.05) is 13.8 Å². The van der Waals surface area contributed by atoms with Gasteiger partial charge in [-0.2, -0.15) is 8.78 Å². The minimum absolute atomic E-state index is 0.0511. The van der Waals surface area contributed by atoms with Gasteiger partial charge in [-0.15, -0.1) is 0 Å². The van der Waals surface area contributed by atoms with Crippen LogP contribution in [0.15, 0.2) is 18.2 Å². The van der Waals surface area contributed by atoms with Gasteiger partial charge in [0.25, 0.3) is 0 Å². The maximum atomic E-state index is 12.3. The standard InChI is InChI=1S/C13H12ClF2NO/c1-3-8-7(2)17-12-9(11(8)14)5-4-6-10(12)18-13(15)16/h4-6,13H,3H2,1-2H3. The predicted molar refractivity (Wildman–Crippen MR) is 67.5 cm³/mol. The average molecular weight is 272 g/mol. The topological polar surface area (TPSA) is 22.1 Å². The molecule has 0 amide bonds. The van der Waals surface area contributed by atoms with E-state index in [1.165, 1.54) is 6.07 Å². The molecule has 0 atom stereocenters. The van der Waals surface area contributed by atoms with Crippen molar-refractivity contribution in [3.8, 4) is 5.75 Å². The molecule has 0 N–H and O–H groups in total. The second kappa shape index (κ2) is 5.06. The van der Waals surface area contributed by atoms with Crippen molar-refractivity contribution in [3.05, 3.63) is 34.5 Å². The molecule has 0 aliphatic carbocycles. The molecular formula is C13H12ClF2NO. The first kappa shape index (κ1) is 13.0. The van der Waals surface area contributed by atoms with Crippen LogP contribution in [0.3, 0.4) is 0 Å². The first-order chi connectivity index (χ1) is 8.54. The fourth-order valence-electron chi connectivity index (χ4n) is 1.97. The fourth-order valence-corrected chi connectivity index (χ4v) is 2.40. The Bertz CT molecular complexity index is 587. The number of para-hydroxylation sites is 1.